The van der Waals surface area contributed by atoms with E-state index >= 15 is 0 Å². The van der Waals surface area contributed by atoms with E-state index in [1.165, 1.54) is 59.2 Å². The summed E-state index contributed by atoms with van der Waals surface area (Å²) < 4.78 is 71.8. The largest absolute Gasteiger partial charge is 0.573 e. The maximum Gasteiger partial charge on any atom is 0.573 e. The minimum absolute atomic E-state index is 0.138. The van der Waals surface area contributed by atoms with Gasteiger partial charge in [0.1, 0.15) is 12.1 Å². The smallest absolute Gasteiger partial charge is 0.406 e. The van der Waals surface area contributed by atoms with Crippen molar-refractivity contribution in [3.05, 3.63) is 95.7 Å². The van der Waals surface area contributed by atoms with Crippen molar-refractivity contribution in [2.75, 3.05) is 17.2 Å². The molecule has 0 spiro atoms. The van der Waals surface area contributed by atoms with Gasteiger partial charge in [-0.3, -0.25) is 5.32 Å². The Hall–Kier alpha value is -4.72. The number of benzene rings is 3. The number of thioether (sulfide) groups is 1. The molecule has 0 saturated carbocycles. The van der Waals surface area contributed by atoms with E-state index in [-0.39, 0.29) is 17.1 Å². The number of alkyl halides is 3. The van der Waals surface area contributed by atoms with E-state index in [1.807, 2.05) is 42.3 Å². The van der Waals surface area contributed by atoms with Crippen LogP contribution >= 0.6 is 11.8 Å². The van der Waals surface area contributed by atoms with E-state index in [0.717, 1.165) is 28.9 Å². The molecule has 0 radical (unpaired) electrons. The number of anilines is 1. The number of rotatable bonds is 6. The standard InChI is InChI=1S/C29H23F5N6O2S/c1-17-4-3-5-18(2)24(17)39-14-15-43-28(39)37-27(41)36-25(31)23(30)19-6-8-20(9-7-19)26-35-16-40(38-26)21-10-12-22(13-11-21)42-29(32,33)34/h3-13,16H,14-15H2,1-2H3,(H,36,41)/b25-23-,37-28-. The number of carbonyl (C=O) groups is 1. The van der Waals surface area contributed by atoms with Gasteiger partial charge in [-0.15, -0.1) is 18.3 Å². The van der Waals surface area contributed by atoms with Crippen molar-refractivity contribution in [2.24, 2.45) is 4.99 Å². The molecule has 0 unspecified atom stereocenters. The maximum absolute atomic E-state index is 14.9. The summed E-state index contributed by atoms with van der Waals surface area (Å²) in [5, 5.41) is 6.53. The van der Waals surface area contributed by atoms with Crippen molar-refractivity contribution in [3.63, 3.8) is 0 Å². The van der Waals surface area contributed by atoms with Crippen LogP contribution in [0.2, 0.25) is 0 Å². The van der Waals surface area contributed by atoms with Gasteiger partial charge in [-0.05, 0) is 49.2 Å². The Kier molecular flexibility index (Phi) is 8.48. The van der Waals surface area contributed by atoms with E-state index in [0.29, 0.717) is 28.7 Å². The number of para-hydroxylation sites is 1. The quantitative estimate of drug-likeness (QED) is 0.181. The number of aryl methyl sites for hydroxylation is 2. The van der Waals surface area contributed by atoms with Crippen LogP contribution in [0.5, 0.6) is 5.75 Å². The van der Waals surface area contributed by atoms with Crippen LogP contribution in [0.25, 0.3) is 22.9 Å². The minimum Gasteiger partial charge on any atom is -0.406 e. The fourth-order valence-electron chi connectivity index (χ4n) is 4.41. The molecule has 0 atom stereocenters. The SMILES string of the molecule is Cc1cccc(C)c1N1CCS/C1=N\C(=O)N/C(F)=C(\F)c1ccc(-c2ncn(-c3ccc(OC(F)(F)F)cc3)n2)cc1. The predicted molar refractivity (Wildman–Crippen MR) is 154 cm³/mol. The van der Waals surface area contributed by atoms with Gasteiger partial charge in [-0.2, -0.15) is 9.38 Å². The van der Waals surface area contributed by atoms with Crippen LogP contribution in [0, 0.1) is 13.8 Å². The van der Waals surface area contributed by atoms with Crippen LogP contribution in [-0.2, 0) is 0 Å². The molecule has 43 heavy (non-hydrogen) atoms. The molecule has 2 amide bonds. The number of ether oxygens (including phenoxy) is 1. The molecule has 1 N–H and O–H groups in total. The zero-order valence-electron chi connectivity index (χ0n) is 22.7. The second-order valence-corrected chi connectivity index (χ2v) is 10.4. The summed E-state index contributed by atoms with van der Waals surface area (Å²) in [4.78, 5) is 22.5. The predicted octanol–water partition coefficient (Wildman–Crippen LogP) is 7.33. The Bertz CT molecular complexity index is 1680. The third kappa shape index (κ3) is 7.02. The summed E-state index contributed by atoms with van der Waals surface area (Å²) in [6, 6.07) is 15.3. The molecule has 1 aliphatic rings. The van der Waals surface area contributed by atoms with Crippen molar-refractivity contribution in [1.29, 1.82) is 0 Å². The van der Waals surface area contributed by atoms with Crippen molar-refractivity contribution >= 4 is 34.5 Å². The Labute approximate surface area is 246 Å². The van der Waals surface area contributed by atoms with E-state index < -0.39 is 24.2 Å². The molecule has 1 aromatic heterocycles. The lowest BCUT2D eigenvalue weighted by Crippen LogP contribution is -2.28. The number of nitrogens with one attached hydrogen (secondary N) is 1. The first-order valence-corrected chi connectivity index (χ1v) is 13.8. The van der Waals surface area contributed by atoms with E-state index in [1.54, 1.807) is 0 Å². The van der Waals surface area contributed by atoms with Crippen LogP contribution in [0.1, 0.15) is 16.7 Å². The highest BCUT2D eigenvalue weighted by atomic mass is 32.2. The van der Waals surface area contributed by atoms with Gasteiger partial charge < -0.3 is 9.64 Å². The first-order chi connectivity index (χ1) is 20.5. The van der Waals surface area contributed by atoms with Crippen LogP contribution in [0.3, 0.4) is 0 Å². The summed E-state index contributed by atoms with van der Waals surface area (Å²) in [6.07, 6.45) is -3.45. The lowest BCUT2D eigenvalue weighted by Gasteiger charge is -2.22. The third-order valence-electron chi connectivity index (χ3n) is 6.32. The number of hydrogen-bond acceptors (Lipinski definition) is 5. The molecule has 4 aromatic rings. The summed E-state index contributed by atoms with van der Waals surface area (Å²) in [5.74, 6) is -2.22. The molecule has 8 nitrogen and oxygen atoms in total. The highest BCUT2D eigenvalue weighted by Gasteiger charge is 2.31. The average Bonchev–Trinajstić information content (AvgIpc) is 3.63. The summed E-state index contributed by atoms with van der Waals surface area (Å²) in [6.45, 7) is 4.52. The number of aliphatic imine (C=N–C) groups is 1. The first-order valence-electron chi connectivity index (χ1n) is 12.8. The molecular formula is C29H23F5N6O2S. The summed E-state index contributed by atoms with van der Waals surface area (Å²) in [7, 11) is 0. The number of urea groups is 1. The molecule has 3 aromatic carbocycles. The molecule has 1 aliphatic heterocycles. The van der Waals surface area contributed by atoms with Crippen LogP contribution < -0.4 is 15.0 Å². The van der Waals surface area contributed by atoms with Gasteiger partial charge in [-0.25, -0.2) is 18.9 Å². The second-order valence-electron chi connectivity index (χ2n) is 9.32. The van der Waals surface area contributed by atoms with Crippen molar-refractivity contribution in [2.45, 2.75) is 20.2 Å². The third-order valence-corrected chi connectivity index (χ3v) is 7.27. The van der Waals surface area contributed by atoms with Gasteiger partial charge in [0, 0.05) is 29.1 Å². The van der Waals surface area contributed by atoms with Crippen LogP contribution in [0.4, 0.5) is 32.4 Å². The fourth-order valence-corrected chi connectivity index (χ4v) is 5.35. The van der Waals surface area contributed by atoms with Crippen molar-refractivity contribution < 1.29 is 31.5 Å². The molecule has 0 aliphatic carbocycles. The number of aromatic nitrogens is 3. The number of halogens is 5. The molecule has 1 fully saturated rings. The lowest BCUT2D eigenvalue weighted by atomic mass is 10.1. The second kappa shape index (κ2) is 12.3. The average molecular weight is 615 g/mol. The molecule has 0 bridgehead atoms. The molecular weight excluding hydrogens is 591 g/mol. The number of carbonyl (C=O) groups excluding carboxylic acids is 1. The molecule has 1 saturated heterocycles. The molecule has 14 heteroatoms. The monoisotopic (exact) mass is 614 g/mol. The van der Waals surface area contributed by atoms with Gasteiger partial charge in [0.05, 0.1) is 5.69 Å². The zero-order valence-corrected chi connectivity index (χ0v) is 23.5. The lowest BCUT2D eigenvalue weighted by molar-refractivity contribution is -0.274. The van der Waals surface area contributed by atoms with Gasteiger partial charge in [0.2, 0.25) is 5.95 Å². The van der Waals surface area contributed by atoms with Gasteiger partial charge in [0.15, 0.2) is 16.8 Å². The number of nitrogens with zero attached hydrogens (tertiary/aromatic N) is 5. The van der Waals surface area contributed by atoms with Gasteiger partial charge in [0.25, 0.3) is 0 Å². The van der Waals surface area contributed by atoms with E-state index in [4.69, 9.17) is 0 Å². The van der Waals surface area contributed by atoms with Crippen LogP contribution in [-0.4, -0.2) is 44.6 Å². The maximum atomic E-state index is 14.9. The van der Waals surface area contributed by atoms with Crippen molar-refractivity contribution in [1.82, 2.24) is 20.1 Å². The number of amidine groups is 1. The highest BCUT2D eigenvalue weighted by Crippen LogP contribution is 2.31. The normalized spacial score (nSPS) is 15.0. The molecule has 2 heterocycles. The molecule has 222 valence electrons. The Balaban J connectivity index is 1.26. The first kappa shape index (κ1) is 29.8. The topological polar surface area (TPSA) is 84.6 Å². The Morgan fingerprint density at radius 2 is 1.67 bits per heavy atom. The Morgan fingerprint density at radius 3 is 2.33 bits per heavy atom. The highest BCUT2D eigenvalue weighted by molar-refractivity contribution is 8.14. The zero-order chi connectivity index (χ0) is 30.7. The molecule has 5 rings (SSSR count). The number of hydrogen-bond donors (Lipinski definition) is 1. The minimum atomic E-state index is -4.80. The summed E-state index contributed by atoms with van der Waals surface area (Å²) >= 11 is 1.35. The fraction of sp³-hybridized carbons (Fsp3) is 0.172. The van der Waals surface area contributed by atoms with Crippen LogP contribution in [0.15, 0.2) is 84.0 Å². The van der Waals surface area contributed by atoms with Gasteiger partial charge >= 0.3 is 12.4 Å². The Morgan fingerprint density at radius 1 is 1.00 bits per heavy atom. The number of amides is 2. The summed E-state index contributed by atoms with van der Waals surface area (Å²) in [5.41, 5.74) is 3.69. The van der Waals surface area contributed by atoms with Crippen molar-refractivity contribution in [3.8, 4) is 22.8 Å². The van der Waals surface area contributed by atoms with E-state index in [2.05, 4.69) is 19.8 Å². The van der Waals surface area contributed by atoms with E-state index in [9.17, 15) is 26.7 Å². The van der Waals surface area contributed by atoms with Gasteiger partial charge in [-0.1, -0.05) is 54.2 Å².